The highest BCUT2D eigenvalue weighted by atomic mass is 19.1. The van der Waals surface area contributed by atoms with Crippen LogP contribution in [-0.2, 0) is 11.3 Å². The maximum atomic E-state index is 12.8. The summed E-state index contributed by atoms with van der Waals surface area (Å²) in [6, 6.07) is 6.56. The van der Waals surface area contributed by atoms with E-state index in [0.717, 1.165) is 18.7 Å². The van der Waals surface area contributed by atoms with Crippen LogP contribution in [0.3, 0.4) is 0 Å². The molecule has 2 amide bonds. The first-order chi connectivity index (χ1) is 10.6. The molecule has 6 heteroatoms. The maximum absolute atomic E-state index is 12.8. The zero-order valence-electron chi connectivity index (χ0n) is 13.2. The molecular formula is C16H24FN3O2. The average molecular weight is 309 g/mol. The van der Waals surface area contributed by atoms with Crippen molar-refractivity contribution in [1.82, 2.24) is 15.1 Å². The highest BCUT2D eigenvalue weighted by Crippen LogP contribution is 2.07. The van der Waals surface area contributed by atoms with E-state index >= 15 is 0 Å². The van der Waals surface area contributed by atoms with Gasteiger partial charge in [0.1, 0.15) is 5.82 Å². The molecule has 0 radical (unpaired) electrons. The van der Waals surface area contributed by atoms with Crippen molar-refractivity contribution in [3.8, 4) is 0 Å². The Morgan fingerprint density at radius 1 is 1.45 bits per heavy atom. The fraction of sp³-hybridized carbons (Fsp3) is 0.562. The zero-order valence-corrected chi connectivity index (χ0v) is 13.2. The molecule has 1 aromatic rings. The molecule has 1 atom stereocenters. The van der Waals surface area contributed by atoms with Crippen LogP contribution in [-0.4, -0.2) is 61.8 Å². The largest absolute Gasteiger partial charge is 0.377 e. The average Bonchev–Trinajstić information content (AvgIpc) is 2.50. The second kappa shape index (κ2) is 8.10. The molecule has 1 heterocycles. The van der Waals surface area contributed by atoms with Gasteiger partial charge in [-0.1, -0.05) is 12.1 Å². The van der Waals surface area contributed by atoms with Gasteiger partial charge in [-0.25, -0.2) is 9.18 Å². The summed E-state index contributed by atoms with van der Waals surface area (Å²) in [7, 11) is 1.98. The Morgan fingerprint density at radius 2 is 2.18 bits per heavy atom. The summed E-state index contributed by atoms with van der Waals surface area (Å²) in [5.41, 5.74) is 1.05. The maximum Gasteiger partial charge on any atom is 0.317 e. The second-order valence-corrected chi connectivity index (χ2v) is 5.71. The lowest BCUT2D eigenvalue weighted by molar-refractivity contribution is 0.0190. The fourth-order valence-corrected chi connectivity index (χ4v) is 2.46. The summed E-state index contributed by atoms with van der Waals surface area (Å²) in [5, 5.41) is 2.94. The van der Waals surface area contributed by atoms with Gasteiger partial charge in [0.2, 0.25) is 0 Å². The van der Waals surface area contributed by atoms with Crippen molar-refractivity contribution in [2.75, 3.05) is 39.9 Å². The number of nitrogens with one attached hydrogen (secondary N) is 1. The highest BCUT2D eigenvalue weighted by molar-refractivity contribution is 5.74. The van der Waals surface area contributed by atoms with E-state index in [1.807, 2.05) is 18.9 Å². The minimum Gasteiger partial charge on any atom is -0.377 e. The van der Waals surface area contributed by atoms with Crippen LogP contribution in [0.1, 0.15) is 12.5 Å². The Kier molecular flexibility index (Phi) is 6.15. The van der Waals surface area contributed by atoms with Crippen LogP contribution in [0.4, 0.5) is 9.18 Å². The number of ether oxygens (including phenoxy) is 1. The van der Waals surface area contributed by atoms with Gasteiger partial charge in [-0.2, -0.15) is 0 Å². The standard InChI is InChI=1S/C16H24FN3O2/c1-13-12-22-10-9-20(13)16(21)18-7-8-19(2)11-14-3-5-15(17)6-4-14/h3-6,13H,7-12H2,1-2H3,(H,18,21)/t13-/m0/s1. The first kappa shape index (κ1) is 16.7. The summed E-state index contributed by atoms with van der Waals surface area (Å²) >= 11 is 0. The van der Waals surface area contributed by atoms with Crippen molar-refractivity contribution in [2.45, 2.75) is 19.5 Å². The molecule has 0 unspecified atom stereocenters. The van der Waals surface area contributed by atoms with Gasteiger partial charge < -0.3 is 19.9 Å². The van der Waals surface area contributed by atoms with Crippen LogP contribution in [0.15, 0.2) is 24.3 Å². The van der Waals surface area contributed by atoms with Crippen molar-refractivity contribution in [3.05, 3.63) is 35.6 Å². The number of likely N-dealkylation sites (N-methyl/N-ethyl adjacent to an activating group) is 1. The quantitative estimate of drug-likeness (QED) is 0.900. The molecule has 1 saturated heterocycles. The molecule has 5 nitrogen and oxygen atoms in total. The Hall–Kier alpha value is -1.66. The van der Waals surface area contributed by atoms with Gasteiger partial charge in [0.15, 0.2) is 0 Å². The molecule has 0 aromatic heterocycles. The monoisotopic (exact) mass is 309 g/mol. The third-order valence-corrected chi connectivity index (χ3v) is 3.76. The Labute approximate surface area is 131 Å². The van der Waals surface area contributed by atoms with Crippen molar-refractivity contribution >= 4 is 6.03 Å². The number of carbonyl (C=O) groups is 1. The van der Waals surface area contributed by atoms with Gasteiger partial charge >= 0.3 is 6.03 Å². The number of carbonyl (C=O) groups excluding carboxylic acids is 1. The van der Waals surface area contributed by atoms with E-state index in [1.165, 1.54) is 12.1 Å². The molecule has 2 rings (SSSR count). The minimum atomic E-state index is -0.224. The van der Waals surface area contributed by atoms with Crippen LogP contribution in [0.2, 0.25) is 0 Å². The molecule has 1 fully saturated rings. The number of halogens is 1. The van der Waals surface area contributed by atoms with Crippen molar-refractivity contribution in [2.24, 2.45) is 0 Å². The Bertz CT molecular complexity index is 481. The van der Waals surface area contributed by atoms with E-state index in [9.17, 15) is 9.18 Å². The van der Waals surface area contributed by atoms with Crippen molar-refractivity contribution < 1.29 is 13.9 Å². The number of amides is 2. The van der Waals surface area contributed by atoms with E-state index in [-0.39, 0.29) is 17.9 Å². The highest BCUT2D eigenvalue weighted by Gasteiger charge is 2.23. The number of morpholine rings is 1. The molecule has 0 spiro atoms. The summed E-state index contributed by atoms with van der Waals surface area (Å²) in [5.74, 6) is -0.224. The summed E-state index contributed by atoms with van der Waals surface area (Å²) in [6.45, 7) is 5.87. The van der Waals surface area contributed by atoms with Gasteiger partial charge in [-0.3, -0.25) is 0 Å². The van der Waals surface area contributed by atoms with E-state index in [4.69, 9.17) is 4.74 Å². The van der Waals surface area contributed by atoms with E-state index in [1.54, 1.807) is 12.1 Å². The molecule has 1 N–H and O–H groups in total. The van der Waals surface area contributed by atoms with E-state index < -0.39 is 0 Å². The van der Waals surface area contributed by atoms with Crippen molar-refractivity contribution in [3.63, 3.8) is 0 Å². The molecule has 1 aliphatic rings. The topological polar surface area (TPSA) is 44.8 Å². The summed E-state index contributed by atoms with van der Waals surface area (Å²) in [6.07, 6.45) is 0. The lowest BCUT2D eigenvalue weighted by Crippen LogP contribution is -2.52. The lowest BCUT2D eigenvalue weighted by atomic mass is 10.2. The summed E-state index contributed by atoms with van der Waals surface area (Å²) < 4.78 is 18.2. The van der Waals surface area contributed by atoms with E-state index in [0.29, 0.717) is 26.3 Å². The number of rotatable bonds is 5. The third-order valence-electron chi connectivity index (χ3n) is 3.76. The molecular weight excluding hydrogens is 285 g/mol. The van der Waals surface area contributed by atoms with Crippen LogP contribution in [0.5, 0.6) is 0 Å². The van der Waals surface area contributed by atoms with Gasteiger partial charge in [-0.05, 0) is 31.7 Å². The van der Waals surface area contributed by atoms with Gasteiger partial charge in [0, 0.05) is 26.2 Å². The van der Waals surface area contributed by atoms with Gasteiger partial charge in [0.05, 0.1) is 19.3 Å². The van der Waals surface area contributed by atoms with Crippen LogP contribution >= 0.6 is 0 Å². The number of hydrogen-bond acceptors (Lipinski definition) is 3. The lowest BCUT2D eigenvalue weighted by Gasteiger charge is -2.33. The normalized spacial score (nSPS) is 18.5. The number of hydrogen-bond donors (Lipinski definition) is 1. The number of nitrogens with zero attached hydrogens (tertiary/aromatic N) is 2. The van der Waals surface area contributed by atoms with Gasteiger partial charge in [-0.15, -0.1) is 0 Å². The zero-order chi connectivity index (χ0) is 15.9. The Morgan fingerprint density at radius 3 is 2.86 bits per heavy atom. The third kappa shape index (κ3) is 4.96. The smallest absolute Gasteiger partial charge is 0.317 e. The second-order valence-electron chi connectivity index (χ2n) is 5.71. The molecule has 0 saturated carbocycles. The van der Waals surface area contributed by atoms with Crippen LogP contribution in [0.25, 0.3) is 0 Å². The Balaban J connectivity index is 1.69. The van der Waals surface area contributed by atoms with Crippen molar-refractivity contribution in [1.29, 1.82) is 0 Å². The summed E-state index contributed by atoms with van der Waals surface area (Å²) in [4.78, 5) is 16.0. The molecule has 22 heavy (non-hydrogen) atoms. The minimum absolute atomic E-state index is 0.0361. The number of urea groups is 1. The first-order valence-corrected chi connectivity index (χ1v) is 7.61. The fourth-order valence-electron chi connectivity index (χ4n) is 2.46. The van der Waals surface area contributed by atoms with Crippen LogP contribution in [0, 0.1) is 5.82 Å². The first-order valence-electron chi connectivity index (χ1n) is 7.61. The molecule has 1 aromatic carbocycles. The predicted molar refractivity (Wildman–Crippen MR) is 83.1 cm³/mol. The van der Waals surface area contributed by atoms with Crippen LogP contribution < -0.4 is 5.32 Å². The molecule has 0 aliphatic carbocycles. The predicted octanol–water partition coefficient (Wildman–Crippen LogP) is 1.69. The SMILES string of the molecule is C[C@H]1COCCN1C(=O)NCCN(C)Cc1ccc(F)cc1. The van der Waals surface area contributed by atoms with E-state index in [2.05, 4.69) is 10.2 Å². The van der Waals surface area contributed by atoms with Gasteiger partial charge in [0.25, 0.3) is 0 Å². The molecule has 122 valence electrons. The number of benzene rings is 1. The molecule has 0 bridgehead atoms. The molecule has 1 aliphatic heterocycles.